The van der Waals surface area contributed by atoms with Crippen LogP contribution in [0.2, 0.25) is 0 Å². The Morgan fingerprint density at radius 2 is 1.00 bits per heavy atom. The van der Waals surface area contributed by atoms with Crippen molar-refractivity contribution in [3.8, 4) is 0 Å². The summed E-state index contributed by atoms with van der Waals surface area (Å²) in [6.07, 6.45) is 0. The molecule has 0 heterocycles. The first-order valence-corrected chi connectivity index (χ1v) is 10.1. The van der Waals surface area contributed by atoms with Crippen LogP contribution in [0.3, 0.4) is 0 Å². The largest absolute Gasteiger partial charge is 0.301 e. The van der Waals surface area contributed by atoms with Gasteiger partial charge in [-0.25, -0.2) is 0 Å². The number of para-hydroxylation sites is 2. The topological polar surface area (TPSA) is 24.1 Å². The van der Waals surface area contributed by atoms with Crippen molar-refractivity contribution in [3.63, 3.8) is 0 Å². The zero-order valence-corrected chi connectivity index (χ0v) is 18.1. The van der Waals surface area contributed by atoms with E-state index in [1.165, 1.54) is 27.9 Å². The minimum absolute atomic E-state index is 0.494. The maximum Gasteiger partial charge on any atom is 0.0609 e. The van der Waals surface area contributed by atoms with Crippen molar-refractivity contribution >= 4 is 11.4 Å². The van der Waals surface area contributed by atoms with Crippen molar-refractivity contribution in [1.29, 1.82) is 0 Å². The smallest absolute Gasteiger partial charge is 0.0609 e. The summed E-state index contributed by atoms with van der Waals surface area (Å²) in [5.41, 5.74) is 14.3. The Morgan fingerprint density at radius 3 is 1.43 bits per heavy atom. The van der Waals surface area contributed by atoms with Gasteiger partial charge in [0.15, 0.2) is 0 Å². The van der Waals surface area contributed by atoms with Crippen LogP contribution in [-0.4, -0.2) is 0 Å². The van der Waals surface area contributed by atoms with E-state index in [1.807, 2.05) is 18.2 Å². The average Bonchev–Trinajstić information content (AvgIpc) is 2.69. The van der Waals surface area contributed by atoms with Crippen LogP contribution in [0, 0.1) is 13.8 Å². The average molecular weight is 375 g/mol. The maximum absolute atomic E-state index is 3.41. The van der Waals surface area contributed by atoms with E-state index in [0.29, 0.717) is 11.8 Å². The second kappa shape index (κ2) is 10.6. The third kappa shape index (κ3) is 6.45. The number of rotatable bonds is 5. The minimum Gasteiger partial charge on any atom is -0.301 e. The van der Waals surface area contributed by atoms with Gasteiger partial charge in [0.2, 0.25) is 0 Å². The quantitative estimate of drug-likeness (QED) is 0.448. The zero-order chi connectivity index (χ0) is 20.5. The molecule has 148 valence electrons. The Labute approximate surface area is 171 Å². The van der Waals surface area contributed by atoms with Crippen LogP contribution in [0.5, 0.6) is 0 Å². The van der Waals surface area contributed by atoms with E-state index in [0.717, 1.165) is 5.69 Å². The summed E-state index contributed by atoms with van der Waals surface area (Å²) < 4.78 is 0. The van der Waals surface area contributed by atoms with E-state index in [2.05, 4.69) is 107 Å². The molecule has 0 aliphatic carbocycles. The fraction of sp³-hybridized carbons (Fsp3) is 0.308. The number of hydrazine groups is 1. The lowest BCUT2D eigenvalue weighted by Crippen LogP contribution is -2.13. The monoisotopic (exact) mass is 374 g/mol. The van der Waals surface area contributed by atoms with E-state index < -0.39 is 0 Å². The summed E-state index contributed by atoms with van der Waals surface area (Å²) in [5.74, 6) is 0.988. The molecule has 3 rings (SSSR count). The molecule has 0 unspecified atom stereocenters. The number of benzene rings is 3. The lowest BCUT2D eigenvalue weighted by atomic mass is 9.93. The van der Waals surface area contributed by atoms with Gasteiger partial charge in [0.05, 0.1) is 11.4 Å². The second-order valence-electron chi connectivity index (χ2n) is 7.89. The number of hydrogen-bond acceptors (Lipinski definition) is 2. The van der Waals surface area contributed by atoms with Gasteiger partial charge in [0, 0.05) is 0 Å². The summed E-state index contributed by atoms with van der Waals surface area (Å²) in [6.45, 7) is 13.1. The molecular weight excluding hydrogens is 340 g/mol. The third-order valence-corrected chi connectivity index (χ3v) is 4.70. The van der Waals surface area contributed by atoms with Crippen molar-refractivity contribution in [2.45, 2.75) is 53.4 Å². The normalized spacial score (nSPS) is 10.4. The molecule has 2 N–H and O–H groups in total. The van der Waals surface area contributed by atoms with E-state index in [-0.39, 0.29) is 0 Å². The molecular formula is C26H34N2. The van der Waals surface area contributed by atoms with Crippen LogP contribution in [-0.2, 0) is 0 Å². The molecule has 28 heavy (non-hydrogen) atoms. The van der Waals surface area contributed by atoms with Crippen LogP contribution in [0.15, 0.2) is 72.8 Å². The molecule has 0 radical (unpaired) electrons. The number of aryl methyl sites for hydroxylation is 2. The number of anilines is 2. The summed E-state index contributed by atoms with van der Waals surface area (Å²) in [4.78, 5) is 0. The first-order chi connectivity index (χ1) is 13.4. The Kier molecular flexibility index (Phi) is 8.13. The fourth-order valence-corrected chi connectivity index (χ4v) is 2.99. The van der Waals surface area contributed by atoms with E-state index >= 15 is 0 Å². The highest BCUT2D eigenvalue weighted by Gasteiger charge is 2.13. The van der Waals surface area contributed by atoms with Gasteiger partial charge in [0.1, 0.15) is 0 Å². The Bertz CT molecular complexity index is 787. The van der Waals surface area contributed by atoms with Gasteiger partial charge < -0.3 is 10.9 Å². The summed E-state index contributed by atoms with van der Waals surface area (Å²) in [5, 5.41) is 0. The molecule has 0 bridgehead atoms. The van der Waals surface area contributed by atoms with Crippen molar-refractivity contribution < 1.29 is 0 Å². The summed E-state index contributed by atoms with van der Waals surface area (Å²) in [6, 6.07) is 25.2. The number of nitrogens with one attached hydrogen (secondary N) is 2. The predicted octanol–water partition coefficient (Wildman–Crippen LogP) is 7.68. The molecule has 0 aliphatic rings. The van der Waals surface area contributed by atoms with Gasteiger partial charge >= 0.3 is 0 Å². The van der Waals surface area contributed by atoms with Crippen molar-refractivity contribution in [2.75, 3.05) is 10.9 Å². The lowest BCUT2D eigenvalue weighted by molar-refractivity contribution is 0.836. The standard InChI is InChI=1S/C18H24N2.C8H10/c1-13(2)16-11-8-12-17(14(3)4)18(16)20-19-15-9-6-5-7-10-15;1-7-3-5-8(2)6-4-7/h5-14,19-20H,1-4H3;3-6H,1-2H3. The van der Waals surface area contributed by atoms with Crippen LogP contribution < -0.4 is 10.9 Å². The van der Waals surface area contributed by atoms with Gasteiger partial charge in [0.25, 0.3) is 0 Å². The highest BCUT2D eigenvalue weighted by Crippen LogP contribution is 2.32. The highest BCUT2D eigenvalue weighted by molar-refractivity contribution is 5.63. The van der Waals surface area contributed by atoms with Gasteiger partial charge in [-0.15, -0.1) is 0 Å². The predicted molar refractivity (Wildman–Crippen MR) is 124 cm³/mol. The molecule has 0 saturated carbocycles. The highest BCUT2D eigenvalue weighted by atomic mass is 15.4. The molecule has 0 atom stereocenters. The van der Waals surface area contributed by atoms with Crippen LogP contribution >= 0.6 is 0 Å². The molecule has 0 fully saturated rings. The zero-order valence-electron chi connectivity index (χ0n) is 18.1. The minimum atomic E-state index is 0.494. The van der Waals surface area contributed by atoms with Crippen LogP contribution in [0.1, 0.15) is 61.8 Å². The van der Waals surface area contributed by atoms with Crippen LogP contribution in [0.25, 0.3) is 0 Å². The van der Waals surface area contributed by atoms with E-state index in [4.69, 9.17) is 0 Å². The van der Waals surface area contributed by atoms with Crippen molar-refractivity contribution in [3.05, 3.63) is 95.1 Å². The van der Waals surface area contributed by atoms with Gasteiger partial charge in [-0.2, -0.15) is 0 Å². The molecule has 0 amide bonds. The molecule has 0 saturated heterocycles. The van der Waals surface area contributed by atoms with E-state index in [1.54, 1.807) is 0 Å². The summed E-state index contributed by atoms with van der Waals surface area (Å²) in [7, 11) is 0. The molecule has 2 nitrogen and oxygen atoms in total. The number of hydrogen-bond donors (Lipinski definition) is 2. The first kappa shape index (κ1) is 21.6. The van der Waals surface area contributed by atoms with Crippen molar-refractivity contribution in [2.24, 2.45) is 0 Å². The van der Waals surface area contributed by atoms with Crippen LogP contribution in [0.4, 0.5) is 11.4 Å². The third-order valence-electron chi connectivity index (χ3n) is 4.70. The Balaban J connectivity index is 0.000000292. The molecule has 3 aromatic carbocycles. The van der Waals surface area contributed by atoms with Gasteiger partial charge in [-0.3, -0.25) is 0 Å². The maximum atomic E-state index is 3.41. The molecule has 0 aliphatic heterocycles. The van der Waals surface area contributed by atoms with Crippen molar-refractivity contribution in [1.82, 2.24) is 0 Å². The lowest BCUT2D eigenvalue weighted by Gasteiger charge is -2.21. The second-order valence-corrected chi connectivity index (χ2v) is 7.89. The van der Waals surface area contributed by atoms with E-state index in [9.17, 15) is 0 Å². The molecule has 2 heteroatoms. The fourth-order valence-electron chi connectivity index (χ4n) is 2.99. The molecule has 0 spiro atoms. The first-order valence-electron chi connectivity index (χ1n) is 10.1. The van der Waals surface area contributed by atoms with Gasteiger partial charge in [-0.1, -0.05) is 99.5 Å². The van der Waals surface area contributed by atoms with Gasteiger partial charge in [-0.05, 0) is 48.9 Å². The molecule has 3 aromatic rings. The summed E-state index contributed by atoms with van der Waals surface area (Å²) >= 11 is 0. The SMILES string of the molecule is CC(C)c1cccc(C(C)C)c1NNc1ccccc1.Cc1ccc(C)cc1. The Hall–Kier alpha value is -2.74. The molecule has 0 aromatic heterocycles. The Morgan fingerprint density at radius 1 is 0.536 bits per heavy atom.